The van der Waals surface area contributed by atoms with Crippen molar-refractivity contribution in [1.82, 2.24) is 0 Å². The molecule has 7 heteroatoms. The Labute approximate surface area is 190 Å². The molecule has 4 nitrogen and oxygen atoms in total. The summed E-state index contributed by atoms with van der Waals surface area (Å²) < 4.78 is 42.5. The van der Waals surface area contributed by atoms with Crippen LogP contribution in [-0.4, -0.2) is 42.2 Å². The van der Waals surface area contributed by atoms with E-state index >= 15 is 8.78 Å². The lowest BCUT2D eigenvalue weighted by Crippen LogP contribution is -2.50. The minimum atomic E-state index is -3.01. The van der Waals surface area contributed by atoms with Crippen molar-refractivity contribution in [3.05, 3.63) is 59.4 Å². The van der Waals surface area contributed by atoms with E-state index < -0.39 is 30.7 Å². The van der Waals surface area contributed by atoms with Gasteiger partial charge in [-0.25, -0.2) is 8.78 Å². The second kappa shape index (κ2) is 12.1. The highest BCUT2D eigenvalue weighted by molar-refractivity contribution is 6.46. The fourth-order valence-electron chi connectivity index (χ4n) is 4.52. The number of alkyl halides is 1. The van der Waals surface area contributed by atoms with E-state index in [2.05, 4.69) is 6.92 Å². The van der Waals surface area contributed by atoms with E-state index in [9.17, 15) is 10.0 Å². The number of hydrogen-bond donors (Lipinski definition) is 2. The summed E-state index contributed by atoms with van der Waals surface area (Å²) >= 11 is 0. The minimum absolute atomic E-state index is 0.123. The Morgan fingerprint density at radius 1 is 1.00 bits per heavy atom. The molecular formula is C25H35BF2O4. The molecule has 0 spiro atoms. The number of benzene rings is 1. The van der Waals surface area contributed by atoms with Crippen molar-refractivity contribution in [3.63, 3.8) is 0 Å². The second-order valence-electron chi connectivity index (χ2n) is 8.93. The van der Waals surface area contributed by atoms with Crippen LogP contribution in [-0.2, 0) is 9.47 Å². The maximum Gasteiger partial charge on any atom is 0.500 e. The van der Waals surface area contributed by atoms with Gasteiger partial charge in [0.15, 0.2) is 6.29 Å². The Balaban J connectivity index is 1.56. The Morgan fingerprint density at radius 2 is 1.62 bits per heavy atom. The summed E-state index contributed by atoms with van der Waals surface area (Å²) in [6.07, 6.45) is 11.5. The lowest BCUT2D eigenvalue weighted by atomic mass is 9.58. The smallest absolute Gasteiger partial charge is 0.425 e. The molecule has 32 heavy (non-hydrogen) atoms. The highest BCUT2D eigenvalue weighted by Gasteiger charge is 2.56. The molecule has 176 valence electrons. The van der Waals surface area contributed by atoms with Crippen molar-refractivity contribution in [2.45, 2.75) is 76.1 Å². The summed E-state index contributed by atoms with van der Waals surface area (Å²) in [5, 5.41) is 19.6. The van der Waals surface area contributed by atoms with Gasteiger partial charge in [-0.15, -0.1) is 0 Å². The molecule has 0 amide bonds. The van der Waals surface area contributed by atoms with Gasteiger partial charge in [0.2, 0.25) is 5.57 Å². The molecule has 1 heterocycles. The van der Waals surface area contributed by atoms with Crippen LogP contribution in [0.25, 0.3) is 0 Å². The highest BCUT2D eigenvalue weighted by Crippen LogP contribution is 2.46. The van der Waals surface area contributed by atoms with Gasteiger partial charge >= 0.3 is 7.12 Å². The zero-order valence-electron chi connectivity index (χ0n) is 18.9. The molecule has 2 N–H and O–H groups in total. The average molecular weight is 448 g/mol. The minimum Gasteiger partial charge on any atom is -0.425 e. The first-order chi connectivity index (χ1) is 15.5. The average Bonchev–Trinajstić information content (AvgIpc) is 2.81. The van der Waals surface area contributed by atoms with E-state index in [1.165, 1.54) is 50.7 Å². The van der Waals surface area contributed by atoms with Gasteiger partial charge in [0, 0.05) is 17.4 Å². The third-order valence-corrected chi connectivity index (χ3v) is 6.48. The molecule has 0 bridgehead atoms. The Kier molecular flexibility index (Phi) is 9.47. The molecule has 1 saturated heterocycles. The molecule has 0 radical (unpaired) electrons. The van der Waals surface area contributed by atoms with Crippen LogP contribution >= 0.6 is 0 Å². The molecule has 1 aromatic rings. The molecule has 1 aliphatic carbocycles. The van der Waals surface area contributed by atoms with Crippen LogP contribution in [0.2, 0.25) is 0 Å². The molecule has 1 fully saturated rings. The van der Waals surface area contributed by atoms with Crippen LogP contribution in [0.5, 0.6) is 0 Å². The number of ether oxygens (including phenoxy) is 2. The summed E-state index contributed by atoms with van der Waals surface area (Å²) in [4.78, 5) is 0. The molecule has 1 aromatic carbocycles. The topological polar surface area (TPSA) is 58.9 Å². The summed E-state index contributed by atoms with van der Waals surface area (Å²) in [6, 6.07) is 8.42. The fourth-order valence-corrected chi connectivity index (χ4v) is 4.52. The summed E-state index contributed by atoms with van der Waals surface area (Å²) in [7, 11) is -2.53. The third-order valence-electron chi connectivity index (χ3n) is 6.48. The van der Waals surface area contributed by atoms with Crippen LogP contribution in [0.1, 0.15) is 69.8 Å². The third kappa shape index (κ3) is 5.87. The zero-order valence-corrected chi connectivity index (χ0v) is 18.9. The van der Waals surface area contributed by atoms with Gasteiger partial charge in [0.05, 0.1) is 13.2 Å². The molecule has 0 saturated carbocycles. The van der Waals surface area contributed by atoms with E-state index in [-0.39, 0.29) is 11.5 Å². The van der Waals surface area contributed by atoms with Gasteiger partial charge in [0.1, 0.15) is 5.83 Å². The van der Waals surface area contributed by atoms with Gasteiger partial charge in [-0.3, -0.25) is 0 Å². The van der Waals surface area contributed by atoms with E-state index in [4.69, 9.17) is 9.47 Å². The highest BCUT2D eigenvalue weighted by atomic mass is 19.2. The second-order valence-corrected chi connectivity index (χ2v) is 8.93. The maximum atomic E-state index is 15.7. The molecule has 2 unspecified atom stereocenters. The number of hydrogen-bond acceptors (Lipinski definition) is 4. The van der Waals surface area contributed by atoms with Gasteiger partial charge in [-0.05, 0) is 12.0 Å². The van der Waals surface area contributed by atoms with E-state index in [0.717, 1.165) is 12.8 Å². The standard InChI is InChI=1S/C25H35BF2O4/c1-2-3-4-5-6-7-9-12-19-17-31-24(32-18-19)21-15-16-22(20-13-10-8-11-14-20)25(28,23(21)27)26(29)30/h8,10-11,13-16,19,22,24,29-30H,2-7,9,12,17-18H2,1H3. The normalized spacial score (nSPS) is 28.2. The maximum absolute atomic E-state index is 15.7. The van der Waals surface area contributed by atoms with E-state index in [0.29, 0.717) is 18.8 Å². The Bertz CT molecular complexity index is 762. The van der Waals surface area contributed by atoms with Gasteiger partial charge in [-0.2, -0.15) is 0 Å². The molecular weight excluding hydrogens is 413 g/mol. The molecule has 2 aliphatic rings. The number of unbranched alkanes of at least 4 members (excludes halogenated alkanes) is 6. The van der Waals surface area contributed by atoms with E-state index in [1.54, 1.807) is 30.3 Å². The van der Waals surface area contributed by atoms with Crippen LogP contribution in [0, 0.1) is 5.92 Å². The molecule has 1 aliphatic heterocycles. The first-order valence-corrected chi connectivity index (χ1v) is 11.9. The van der Waals surface area contributed by atoms with Crippen molar-refractivity contribution in [1.29, 1.82) is 0 Å². The van der Waals surface area contributed by atoms with E-state index in [1.807, 2.05) is 0 Å². The van der Waals surface area contributed by atoms with Gasteiger partial charge in [0.25, 0.3) is 0 Å². The van der Waals surface area contributed by atoms with Crippen LogP contribution < -0.4 is 0 Å². The largest absolute Gasteiger partial charge is 0.500 e. The van der Waals surface area contributed by atoms with Crippen LogP contribution in [0.15, 0.2) is 53.9 Å². The van der Waals surface area contributed by atoms with Crippen molar-refractivity contribution in [2.24, 2.45) is 5.92 Å². The van der Waals surface area contributed by atoms with Gasteiger partial charge in [-0.1, -0.05) is 94.4 Å². The Hall–Kier alpha value is -1.54. The van der Waals surface area contributed by atoms with Gasteiger partial charge < -0.3 is 19.5 Å². The fraction of sp³-hybridized carbons (Fsp3) is 0.600. The number of rotatable bonds is 11. The summed E-state index contributed by atoms with van der Waals surface area (Å²) in [5.41, 5.74) is -2.68. The number of halogens is 2. The first kappa shape index (κ1) is 25.1. The first-order valence-electron chi connectivity index (χ1n) is 11.9. The lowest BCUT2D eigenvalue weighted by molar-refractivity contribution is -0.181. The summed E-state index contributed by atoms with van der Waals surface area (Å²) in [6.45, 7) is 3.03. The zero-order chi connectivity index (χ0) is 23.0. The van der Waals surface area contributed by atoms with Crippen LogP contribution in [0.3, 0.4) is 0 Å². The van der Waals surface area contributed by atoms with Crippen molar-refractivity contribution in [3.8, 4) is 0 Å². The molecule has 2 atom stereocenters. The van der Waals surface area contributed by atoms with Crippen molar-refractivity contribution < 1.29 is 28.3 Å². The predicted octanol–water partition coefficient (Wildman–Crippen LogP) is 5.41. The van der Waals surface area contributed by atoms with Crippen molar-refractivity contribution >= 4 is 7.12 Å². The van der Waals surface area contributed by atoms with Crippen LogP contribution in [0.4, 0.5) is 8.78 Å². The monoisotopic (exact) mass is 448 g/mol. The summed E-state index contributed by atoms with van der Waals surface area (Å²) in [5.74, 6) is -2.19. The quantitative estimate of drug-likeness (QED) is 0.351. The SMILES string of the molecule is CCCCCCCCCC1COC(C2=C(F)C(F)(B(O)O)C(c3ccccc3)C=C2)OC1. The predicted molar refractivity (Wildman–Crippen MR) is 122 cm³/mol. The molecule has 0 aromatic heterocycles. The number of allylic oxidation sites excluding steroid dienone is 2. The lowest BCUT2D eigenvalue weighted by Gasteiger charge is -2.37. The molecule has 3 rings (SSSR count). The van der Waals surface area contributed by atoms with Crippen molar-refractivity contribution in [2.75, 3.05) is 13.2 Å². The Morgan fingerprint density at radius 3 is 2.25 bits per heavy atom.